The molecule has 0 aromatic carbocycles. The molecule has 0 aliphatic carbocycles. The molecule has 70 valence electrons. The summed E-state index contributed by atoms with van der Waals surface area (Å²) >= 11 is 0. The van der Waals surface area contributed by atoms with Crippen LogP contribution in [0.25, 0.3) is 0 Å². The molecule has 1 fully saturated rings. The highest BCUT2D eigenvalue weighted by Crippen LogP contribution is 2.10. The number of H-pyrrole nitrogens is 1. The van der Waals surface area contributed by atoms with Gasteiger partial charge in [0, 0.05) is 12.6 Å². The van der Waals surface area contributed by atoms with Gasteiger partial charge < -0.3 is 9.47 Å². The van der Waals surface area contributed by atoms with Gasteiger partial charge in [-0.05, 0) is 0 Å². The number of carbonyl (C=O) groups is 1. The molecule has 1 aliphatic rings. The first-order valence-corrected chi connectivity index (χ1v) is 4.14. The Bertz CT molecular complexity index is 278. The van der Waals surface area contributed by atoms with E-state index in [9.17, 15) is 4.79 Å². The summed E-state index contributed by atoms with van der Waals surface area (Å²) in [5.41, 5.74) is 0.451. The Morgan fingerprint density at radius 1 is 1.77 bits per heavy atom. The average Bonchev–Trinajstić information content (AvgIpc) is 2.74. The van der Waals surface area contributed by atoms with Crippen LogP contribution >= 0.6 is 0 Å². The lowest BCUT2D eigenvalue weighted by Gasteiger charge is -2.07. The molecule has 1 aromatic heterocycles. The Morgan fingerprint density at radius 2 is 2.69 bits per heavy atom. The SMILES string of the molecule is O=C(O[C@H]1CCOC1)c1cn[nH]c1. The van der Waals surface area contributed by atoms with Crippen LogP contribution in [0.2, 0.25) is 0 Å². The van der Waals surface area contributed by atoms with Gasteiger partial charge in [-0.25, -0.2) is 4.79 Å². The Kier molecular flexibility index (Phi) is 2.27. The monoisotopic (exact) mass is 182 g/mol. The number of carbonyl (C=O) groups excluding carboxylic acids is 1. The lowest BCUT2D eigenvalue weighted by molar-refractivity contribution is 0.0271. The molecule has 1 N–H and O–H groups in total. The zero-order valence-electron chi connectivity index (χ0n) is 7.03. The first-order chi connectivity index (χ1) is 6.36. The van der Waals surface area contributed by atoms with Gasteiger partial charge in [-0.3, -0.25) is 5.10 Å². The predicted octanol–water partition coefficient (Wildman–Crippen LogP) is 0.355. The molecule has 1 atom stereocenters. The average molecular weight is 182 g/mol. The second-order valence-corrected chi connectivity index (χ2v) is 2.88. The van der Waals surface area contributed by atoms with Crippen molar-refractivity contribution in [2.24, 2.45) is 0 Å². The van der Waals surface area contributed by atoms with E-state index in [1.165, 1.54) is 12.4 Å². The van der Waals surface area contributed by atoms with Crippen LogP contribution in [-0.4, -0.2) is 35.5 Å². The van der Waals surface area contributed by atoms with Crippen molar-refractivity contribution in [3.05, 3.63) is 18.0 Å². The Morgan fingerprint density at radius 3 is 3.31 bits per heavy atom. The second-order valence-electron chi connectivity index (χ2n) is 2.88. The summed E-state index contributed by atoms with van der Waals surface area (Å²) < 4.78 is 10.2. The molecule has 1 aliphatic heterocycles. The van der Waals surface area contributed by atoms with Gasteiger partial charge in [0.05, 0.1) is 25.0 Å². The highest BCUT2D eigenvalue weighted by atomic mass is 16.6. The fraction of sp³-hybridized carbons (Fsp3) is 0.500. The van der Waals surface area contributed by atoms with E-state index in [1.54, 1.807) is 0 Å². The molecular weight excluding hydrogens is 172 g/mol. The molecule has 1 saturated heterocycles. The molecule has 0 unspecified atom stereocenters. The predicted molar refractivity (Wildman–Crippen MR) is 43.2 cm³/mol. The second kappa shape index (κ2) is 3.57. The summed E-state index contributed by atoms with van der Waals surface area (Å²) in [6, 6.07) is 0. The van der Waals surface area contributed by atoms with Gasteiger partial charge in [0.2, 0.25) is 0 Å². The number of hydrogen-bond donors (Lipinski definition) is 1. The summed E-state index contributed by atoms with van der Waals surface area (Å²) in [6.07, 6.45) is 3.64. The maximum Gasteiger partial charge on any atom is 0.341 e. The van der Waals surface area contributed by atoms with Gasteiger partial charge in [0.25, 0.3) is 0 Å². The molecule has 2 rings (SSSR count). The standard InChI is InChI=1S/C8H10N2O3/c11-8(6-3-9-10-4-6)13-7-1-2-12-5-7/h3-4,7H,1-2,5H2,(H,9,10)/t7-/m0/s1. The van der Waals surface area contributed by atoms with E-state index in [-0.39, 0.29) is 12.1 Å². The van der Waals surface area contributed by atoms with E-state index < -0.39 is 0 Å². The number of nitrogens with one attached hydrogen (secondary N) is 1. The number of rotatable bonds is 2. The lowest BCUT2D eigenvalue weighted by atomic mass is 10.3. The van der Waals surface area contributed by atoms with E-state index in [0.29, 0.717) is 18.8 Å². The van der Waals surface area contributed by atoms with Crippen molar-refractivity contribution in [3.63, 3.8) is 0 Å². The van der Waals surface area contributed by atoms with Crippen molar-refractivity contribution in [3.8, 4) is 0 Å². The van der Waals surface area contributed by atoms with Gasteiger partial charge in [0.15, 0.2) is 0 Å². The first kappa shape index (κ1) is 8.25. The third-order valence-corrected chi connectivity index (χ3v) is 1.90. The Balaban J connectivity index is 1.91. The number of nitrogens with zero attached hydrogens (tertiary/aromatic N) is 1. The summed E-state index contributed by atoms with van der Waals surface area (Å²) in [5, 5.41) is 6.21. The first-order valence-electron chi connectivity index (χ1n) is 4.14. The van der Waals surface area contributed by atoms with E-state index >= 15 is 0 Å². The molecule has 0 saturated carbocycles. The van der Waals surface area contributed by atoms with Crippen molar-refractivity contribution in [1.82, 2.24) is 10.2 Å². The normalized spacial score (nSPS) is 21.7. The molecule has 0 bridgehead atoms. The van der Waals surface area contributed by atoms with Crippen LogP contribution in [0.5, 0.6) is 0 Å². The largest absolute Gasteiger partial charge is 0.456 e. The van der Waals surface area contributed by atoms with E-state index in [2.05, 4.69) is 10.2 Å². The molecule has 5 nitrogen and oxygen atoms in total. The highest BCUT2D eigenvalue weighted by Gasteiger charge is 2.20. The summed E-state index contributed by atoms with van der Waals surface area (Å²) in [5.74, 6) is -0.343. The van der Waals surface area contributed by atoms with Crippen LogP contribution in [0.1, 0.15) is 16.8 Å². The summed E-state index contributed by atoms with van der Waals surface area (Å²) in [7, 11) is 0. The number of hydrogen-bond acceptors (Lipinski definition) is 4. The summed E-state index contributed by atoms with van der Waals surface area (Å²) in [4.78, 5) is 11.3. The molecule has 13 heavy (non-hydrogen) atoms. The molecule has 0 radical (unpaired) electrons. The van der Waals surface area contributed by atoms with Gasteiger partial charge in [0.1, 0.15) is 6.10 Å². The van der Waals surface area contributed by atoms with Crippen molar-refractivity contribution in [1.29, 1.82) is 0 Å². The van der Waals surface area contributed by atoms with Gasteiger partial charge >= 0.3 is 5.97 Å². The molecule has 0 amide bonds. The number of aromatic nitrogens is 2. The van der Waals surface area contributed by atoms with Crippen LogP contribution in [0.15, 0.2) is 12.4 Å². The van der Waals surface area contributed by atoms with Crippen LogP contribution in [0.4, 0.5) is 0 Å². The zero-order valence-corrected chi connectivity index (χ0v) is 7.03. The Labute approximate surface area is 75.0 Å². The highest BCUT2D eigenvalue weighted by molar-refractivity contribution is 5.88. The van der Waals surface area contributed by atoms with Crippen LogP contribution in [-0.2, 0) is 9.47 Å². The van der Waals surface area contributed by atoms with E-state index in [0.717, 1.165) is 6.42 Å². The molecule has 0 spiro atoms. The fourth-order valence-electron chi connectivity index (χ4n) is 1.19. The van der Waals surface area contributed by atoms with Crippen LogP contribution in [0.3, 0.4) is 0 Å². The van der Waals surface area contributed by atoms with Gasteiger partial charge in [-0.2, -0.15) is 5.10 Å². The van der Waals surface area contributed by atoms with Crippen LogP contribution < -0.4 is 0 Å². The van der Waals surface area contributed by atoms with Gasteiger partial charge in [-0.15, -0.1) is 0 Å². The van der Waals surface area contributed by atoms with Crippen molar-refractivity contribution >= 4 is 5.97 Å². The maximum atomic E-state index is 11.3. The molecular formula is C8H10N2O3. The Hall–Kier alpha value is -1.36. The van der Waals surface area contributed by atoms with E-state index in [1.807, 2.05) is 0 Å². The van der Waals surface area contributed by atoms with Gasteiger partial charge in [-0.1, -0.05) is 0 Å². The van der Waals surface area contributed by atoms with Crippen molar-refractivity contribution in [2.75, 3.05) is 13.2 Å². The summed E-state index contributed by atoms with van der Waals surface area (Å²) in [6.45, 7) is 1.17. The molecule has 5 heteroatoms. The third kappa shape index (κ3) is 1.86. The van der Waals surface area contributed by atoms with Crippen LogP contribution in [0, 0.1) is 0 Å². The molecule has 2 heterocycles. The smallest absolute Gasteiger partial charge is 0.341 e. The fourth-order valence-corrected chi connectivity index (χ4v) is 1.19. The van der Waals surface area contributed by atoms with Crippen molar-refractivity contribution < 1.29 is 14.3 Å². The maximum absolute atomic E-state index is 11.3. The lowest BCUT2D eigenvalue weighted by Crippen LogP contribution is -2.17. The minimum atomic E-state index is -0.343. The van der Waals surface area contributed by atoms with E-state index in [4.69, 9.17) is 9.47 Å². The number of aromatic amines is 1. The van der Waals surface area contributed by atoms with Crippen molar-refractivity contribution in [2.45, 2.75) is 12.5 Å². The molecule has 1 aromatic rings. The quantitative estimate of drug-likeness (QED) is 0.670. The topological polar surface area (TPSA) is 64.2 Å². The number of esters is 1. The third-order valence-electron chi connectivity index (χ3n) is 1.90. The number of ether oxygens (including phenoxy) is 2. The minimum Gasteiger partial charge on any atom is -0.456 e. The minimum absolute atomic E-state index is 0.0950. The zero-order chi connectivity index (χ0) is 9.10.